The first-order valence-electron chi connectivity index (χ1n) is 6.14. The molecule has 0 aliphatic carbocycles. The fraction of sp³-hybridized carbons (Fsp3) is 0.133. The van der Waals surface area contributed by atoms with Crippen LogP contribution in [-0.2, 0) is 6.61 Å². The third-order valence-electron chi connectivity index (χ3n) is 2.89. The lowest BCUT2D eigenvalue weighted by molar-refractivity contribution is 0.299. The van der Waals surface area contributed by atoms with Gasteiger partial charge in [-0.2, -0.15) is 0 Å². The monoisotopic (exact) mass is 288 g/mol. The summed E-state index contributed by atoms with van der Waals surface area (Å²) in [6.45, 7) is 0.395. The Hall–Kier alpha value is -2.20. The van der Waals surface area contributed by atoms with Gasteiger partial charge in [-0.3, -0.25) is 0 Å². The Bertz CT molecular complexity index is 740. The van der Waals surface area contributed by atoms with Crippen molar-refractivity contribution in [3.8, 4) is 11.5 Å². The van der Waals surface area contributed by atoms with Crippen LogP contribution in [0.3, 0.4) is 0 Å². The average molecular weight is 289 g/mol. The first kappa shape index (κ1) is 12.8. The van der Waals surface area contributed by atoms with Gasteiger partial charge in [0.25, 0.3) is 0 Å². The van der Waals surface area contributed by atoms with Crippen molar-refractivity contribution in [2.45, 2.75) is 6.61 Å². The predicted molar refractivity (Wildman–Crippen MR) is 77.5 cm³/mol. The summed E-state index contributed by atoms with van der Waals surface area (Å²) in [7, 11) is 1.63. The number of halogens is 1. The molecule has 20 heavy (non-hydrogen) atoms. The molecule has 0 bridgehead atoms. The van der Waals surface area contributed by atoms with E-state index in [1.54, 1.807) is 7.11 Å². The van der Waals surface area contributed by atoms with E-state index >= 15 is 0 Å². The Morgan fingerprint density at radius 1 is 1.15 bits per heavy atom. The van der Waals surface area contributed by atoms with Crippen molar-refractivity contribution < 1.29 is 9.47 Å². The van der Waals surface area contributed by atoms with E-state index in [0.717, 1.165) is 22.8 Å². The minimum absolute atomic E-state index is 0.395. The maximum atomic E-state index is 5.94. The molecule has 0 aliphatic heterocycles. The molecule has 2 heterocycles. The SMILES string of the molecule is COc1cccc(OCc2cn3cc(Cl)ccc3n2)c1. The van der Waals surface area contributed by atoms with Gasteiger partial charge in [0.2, 0.25) is 0 Å². The smallest absolute Gasteiger partial charge is 0.137 e. The van der Waals surface area contributed by atoms with Crippen LogP contribution in [0.5, 0.6) is 11.5 Å². The molecule has 4 nitrogen and oxygen atoms in total. The molecule has 0 radical (unpaired) electrons. The van der Waals surface area contributed by atoms with Gasteiger partial charge >= 0.3 is 0 Å². The van der Waals surface area contributed by atoms with E-state index in [1.165, 1.54) is 0 Å². The van der Waals surface area contributed by atoms with Crippen LogP contribution in [-0.4, -0.2) is 16.5 Å². The summed E-state index contributed by atoms with van der Waals surface area (Å²) in [6.07, 6.45) is 3.72. The summed E-state index contributed by atoms with van der Waals surface area (Å²) in [6, 6.07) is 11.2. The lowest BCUT2D eigenvalue weighted by Crippen LogP contribution is -1.95. The van der Waals surface area contributed by atoms with Gasteiger partial charge in [0.15, 0.2) is 0 Å². The maximum absolute atomic E-state index is 5.94. The molecular weight excluding hydrogens is 276 g/mol. The molecule has 0 N–H and O–H groups in total. The van der Waals surface area contributed by atoms with Gasteiger partial charge in [0, 0.05) is 18.5 Å². The topological polar surface area (TPSA) is 35.8 Å². The predicted octanol–water partition coefficient (Wildman–Crippen LogP) is 3.58. The van der Waals surface area contributed by atoms with Crippen LogP contribution in [0, 0.1) is 0 Å². The molecule has 0 unspecified atom stereocenters. The average Bonchev–Trinajstić information content (AvgIpc) is 2.87. The van der Waals surface area contributed by atoms with Crippen LogP contribution in [0.2, 0.25) is 5.02 Å². The van der Waals surface area contributed by atoms with Crippen LogP contribution in [0.25, 0.3) is 5.65 Å². The second-order valence-corrected chi connectivity index (χ2v) is 4.75. The zero-order valence-corrected chi connectivity index (χ0v) is 11.7. The van der Waals surface area contributed by atoms with Crippen LogP contribution >= 0.6 is 11.6 Å². The zero-order valence-electron chi connectivity index (χ0n) is 10.9. The number of methoxy groups -OCH3 is 1. The van der Waals surface area contributed by atoms with Gasteiger partial charge in [0.05, 0.1) is 17.8 Å². The van der Waals surface area contributed by atoms with Gasteiger partial charge in [-0.05, 0) is 24.3 Å². The highest BCUT2D eigenvalue weighted by Gasteiger charge is 2.03. The van der Waals surface area contributed by atoms with Crippen LogP contribution < -0.4 is 9.47 Å². The van der Waals surface area contributed by atoms with Crippen molar-refractivity contribution in [3.05, 3.63) is 59.5 Å². The quantitative estimate of drug-likeness (QED) is 0.736. The number of rotatable bonds is 4. The summed E-state index contributed by atoms with van der Waals surface area (Å²) >= 11 is 5.94. The lowest BCUT2D eigenvalue weighted by atomic mass is 10.3. The molecule has 5 heteroatoms. The molecule has 0 atom stereocenters. The molecule has 3 rings (SSSR count). The molecule has 1 aromatic carbocycles. The molecule has 0 aliphatic rings. The van der Waals surface area contributed by atoms with E-state index in [-0.39, 0.29) is 0 Å². The maximum Gasteiger partial charge on any atom is 0.137 e. The molecule has 102 valence electrons. The zero-order chi connectivity index (χ0) is 13.9. The van der Waals surface area contributed by atoms with Crippen molar-refractivity contribution in [2.75, 3.05) is 7.11 Å². The number of hydrogen-bond acceptors (Lipinski definition) is 3. The lowest BCUT2D eigenvalue weighted by Gasteiger charge is -2.05. The first-order valence-corrected chi connectivity index (χ1v) is 6.52. The van der Waals surface area contributed by atoms with Crippen LogP contribution in [0.4, 0.5) is 0 Å². The largest absolute Gasteiger partial charge is 0.497 e. The third kappa shape index (κ3) is 2.70. The Morgan fingerprint density at radius 2 is 2.00 bits per heavy atom. The van der Waals surface area contributed by atoms with Crippen LogP contribution in [0.1, 0.15) is 5.69 Å². The Kier molecular flexibility index (Phi) is 3.48. The van der Waals surface area contributed by atoms with Crippen molar-refractivity contribution >= 4 is 17.2 Å². The molecule has 3 aromatic rings. The number of ether oxygens (including phenoxy) is 2. The summed E-state index contributed by atoms with van der Waals surface area (Å²) < 4.78 is 12.7. The molecule has 2 aromatic heterocycles. The van der Waals surface area contributed by atoms with E-state index in [0.29, 0.717) is 11.6 Å². The molecular formula is C15H13ClN2O2. The first-order chi connectivity index (χ1) is 9.74. The Morgan fingerprint density at radius 3 is 2.85 bits per heavy atom. The van der Waals surface area contributed by atoms with E-state index < -0.39 is 0 Å². The molecule has 0 fully saturated rings. The van der Waals surface area contributed by atoms with Gasteiger partial charge < -0.3 is 13.9 Å². The Labute approximate surface area is 121 Å². The number of benzene rings is 1. The summed E-state index contributed by atoms with van der Waals surface area (Å²) in [5, 5.41) is 0.676. The summed E-state index contributed by atoms with van der Waals surface area (Å²) in [5.74, 6) is 1.52. The fourth-order valence-corrected chi connectivity index (χ4v) is 2.10. The summed E-state index contributed by atoms with van der Waals surface area (Å²) in [4.78, 5) is 4.46. The molecule has 0 amide bonds. The summed E-state index contributed by atoms with van der Waals surface area (Å²) in [5.41, 5.74) is 1.69. The normalized spacial score (nSPS) is 10.7. The second-order valence-electron chi connectivity index (χ2n) is 4.31. The van der Waals surface area contributed by atoms with Gasteiger partial charge in [-0.1, -0.05) is 17.7 Å². The second kappa shape index (κ2) is 5.43. The number of imidazole rings is 1. The van der Waals surface area contributed by atoms with Crippen LogP contribution in [0.15, 0.2) is 48.8 Å². The fourth-order valence-electron chi connectivity index (χ4n) is 1.93. The van der Waals surface area contributed by atoms with E-state index in [9.17, 15) is 0 Å². The highest BCUT2D eigenvalue weighted by Crippen LogP contribution is 2.20. The van der Waals surface area contributed by atoms with E-state index in [4.69, 9.17) is 21.1 Å². The minimum Gasteiger partial charge on any atom is -0.497 e. The van der Waals surface area contributed by atoms with Crippen molar-refractivity contribution in [1.82, 2.24) is 9.38 Å². The standard InChI is InChI=1S/C15H13ClN2O2/c1-19-13-3-2-4-14(7-13)20-10-12-9-18-8-11(16)5-6-15(18)17-12/h2-9H,10H2,1H3. The number of hydrogen-bond donors (Lipinski definition) is 0. The number of fused-ring (bicyclic) bond motifs is 1. The highest BCUT2D eigenvalue weighted by molar-refractivity contribution is 6.30. The minimum atomic E-state index is 0.395. The number of aromatic nitrogens is 2. The molecule has 0 saturated heterocycles. The Balaban J connectivity index is 1.76. The van der Waals surface area contributed by atoms with Crippen molar-refractivity contribution in [1.29, 1.82) is 0 Å². The molecule has 0 spiro atoms. The molecule has 0 saturated carbocycles. The van der Waals surface area contributed by atoms with Crippen molar-refractivity contribution in [3.63, 3.8) is 0 Å². The van der Waals surface area contributed by atoms with Gasteiger partial charge in [-0.15, -0.1) is 0 Å². The van der Waals surface area contributed by atoms with Crippen molar-refractivity contribution in [2.24, 2.45) is 0 Å². The number of nitrogens with zero attached hydrogens (tertiary/aromatic N) is 2. The highest BCUT2D eigenvalue weighted by atomic mass is 35.5. The third-order valence-corrected chi connectivity index (χ3v) is 3.12. The van der Waals surface area contributed by atoms with Gasteiger partial charge in [-0.25, -0.2) is 4.98 Å². The number of pyridine rings is 1. The van der Waals surface area contributed by atoms with E-state index in [2.05, 4.69) is 4.98 Å². The van der Waals surface area contributed by atoms with Gasteiger partial charge in [0.1, 0.15) is 23.8 Å². The van der Waals surface area contributed by atoms with E-state index in [1.807, 2.05) is 53.2 Å².